The normalized spacial score (nSPS) is 18.2. The third kappa shape index (κ3) is 6.27. The molecule has 2 aromatic rings. The minimum atomic E-state index is -0.721. The summed E-state index contributed by atoms with van der Waals surface area (Å²) in [5, 5.41) is 6.43. The van der Waals surface area contributed by atoms with Crippen LogP contribution in [0.1, 0.15) is 34.1 Å². The molecule has 1 fully saturated rings. The molecule has 10 nitrogen and oxygen atoms in total. The van der Waals surface area contributed by atoms with Crippen molar-refractivity contribution in [3.63, 3.8) is 0 Å². The number of pyridine rings is 1. The number of hydrogen-bond donors (Lipinski definition) is 2. The highest BCUT2D eigenvalue weighted by atomic mass is 16.6. The SMILES string of the molecule is CCOC(=O)C1CN(C(=O)OC(C)(C)C)CCC1NC(=O)Nc1ccnc2ccc(OC)cc12. The van der Waals surface area contributed by atoms with Crippen LogP contribution in [0, 0.1) is 5.92 Å². The fraction of sp³-hybridized carbons (Fsp3) is 0.500. The van der Waals surface area contributed by atoms with Crippen LogP contribution in [0.3, 0.4) is 0 Å². The Morgan fingerprint density at radius 1 is 1.21 bits per heavy atom. The molecule has 34 heavy (non-hydrogen) atoms. The van der Waals surface area contributed by atoms with E-state index >= 15 is 0 Å². The third-order valence-electron chi connectivity index (χ3n) is 5.37. The number of methoxy groups -OCH3 is 1. The molecule has 0 bridgehead atoms. The van der Waals surface area contributed by atoms with E-state index < -0.39 is 35.7 Å². The van der Waals surface area contributed by atoms with Crippen LogP contribution in [0.2, 0.25) is 0 Å². The molecular formula is C24H32N4O6. The van der Waals surface area contributed by atoms with E-state index in [1.807, 2.05) is 0 Å². The number of rotatable bonds is 5. The Kier molecular flexibility index (Phi) is 7.80. The summed E-state index contributed by atoms with van der Waals surface area (Å²) in [5.74, 6) is -0.553. The van der Waals surface area contributed by atoms with Crippen LogP contribution in [0.5, 0.6) is 5.75 Å². The van der Waals surface area contributed by atoms with E-state index in [0.29, 0.717) is 29.9 Å². The first-order valence-electron chi connectivity index (χ1n) is 11.3. The topological polar surface area (TPSA) is 119 Å². The average molecular weight is 473 g/mol. The molecule has 1 aliphatic heterocycles. The Hall–Kier alpha value is -3.56. The molecule has 0 aliphatic carbocycles. The third-order valence-corrected chi connectivity index (χ3v) is 5.37. The highest BCUT2D eigenvalue weighted by Crippen LogP contribution is 2.26. The molecule has 1 aromatic carbocycles. The van der Waals surface area contributed by atoms with Crippen LogP contribution in [0.4, 0.5) is 15.3 Å². The molecule has 1 aromatic heterocycles. The standard InChI is InChI=1S/C24H32N4O6/c1-6-33-21(29)17-14-28(23(31)34-24(2,3)4)12-10-20(17)27-22(30)26-19-9-11-25-18-8-7-15(32-5)13-16(18)19/h7-9,11,13,17,20H,6,10,12,14H2,1-5H3,(H2,25,26,27,30). The van der Waals surface area contributed by atoms with Crippen molar-refractivity contribution in [1.29, 1.82) is 0 Å². The largest absolute Gasteiger partial charge is 0.497 e. The minimum Gasteiger partial charge on any atom is -0.497 e. The second-order valence-electron chi connectivity index (χ2n) is 9.02. The van der Waals surface area contributed by atoms with Crippen molar-refractivity contribution in [3.8, 4) is 5.75 Å². The molecule has 2 N–H and O–H groups in total. The lowest BCUT2D eigenvalue weighted by Gasteiger charge is -2.38. The number of benzene rings is 1. The molecule has 2 heterocycles. The summed E-state index contributed by atoms with van der Waals surface area (Å²) in [4.78, 5) is 43.8. The molecule has 0 saturated carbocycles. The van der Waals surface area contributed by atoms with Gasteiger partial charge in [-0.1, -0.05) is 0 Å². The first-order valence-corrected chi connectivity index (χ1v) is 11.3. The summed E-state index contributed by atoms with van der Waals surface area (Å²) >= 11 is 0. The number of anilines is 1. The molecule has 184 valence electrons. The second kappa shape index (κ2) is 10.6. The highest BCUT2D eigenvalue weighted by molar-refractivity contribution is 6.00. The smallest absolute Gasteiger partial charge is 0.410 e. The fourth-order valence-corrected chi connectivity index (χ4v) is 3.79. The van der Waals surface area contributed by atoms with Crippen LogP contribution in [0.25, 0.3) is 10.9 Å². The van der Waals surface area contributed by atoms with Crippen molar-refractivity contribution >= 4 is 34.7 Å². The molecular weight excluding hydrogens is 440 g/mol. The number of fused-ring (bicyclic) bond motifs is 1. The fourth-order valence-electron chi connectivity index (χ4n) is 3.79. The average Bonchev–Trinajstić information content (AvgIpc) is 2.78. The second-order valence-corrected chi connectivity index (χ2v) is 9.02. The minimum absolute atomic E-state index is 0.0913. The number of amides is 3. The maximum Gasteiger partial charge on any atom is 0.410 e. The van der Waals surface area contributed by atoms with E-state index in [2.05, 4.69) is 15.6 Å². The van der Waals surface area contributed by atoms with E-state index in [0.717, 1.165) is 5.39 Å². The van der Waals surface area contributed by atoms with Gasteiger partial charge >= 0.3 is 18.1 Å². The number of ether oxygens (including phenoxy) is 3. The molecule has 2 atom stereocenters. The monoisotopic (exact) mass is 472 g/mol. The van der Waals surface area contributed by atoms with Gasteiger partial charge in [0.15, 0.2) is 0 Å². The van der Waals surface area contributed by atoms with E-state index in [1.165, 1.54) is 4.90 Å². The maximum absolute atomic E-state index is 12.9. The van der Waals surface area contributed by atoms with Crippen molar-refractivity contribution in [3.05, 3.63) is 30.5 Å². The predicted octanol–water partition coefficient (Wildman–Crippen LogP) is 3.55. The van der Waals surface area contributed by atoms with E-state index in [9.17, 15) is 14.4 Å². The van der Waals surface area contributed by atoms with E-state index in [1.54, 1.807) is 65.3 Å². The van der Waals surface area contributed by atoms with Gasteiger partial charge in [-0.3, -0.25) is 9.78 Å². The predicted molar refractivity (Wildman–Crippen MR) is 127 cm³/mol. The van der Waals surface area contributed by atoms with Crippen LogP contribution >= 0.6 is 0 Å². The lowest BCUT2D eigenvalue weighted by atomic mass is 9.92. The molecule has 0 radical (unpaired) electrons. The van der Waals surface area contributed by atoms with Gasteiger partial charge in [-0.25, -0.2) is 9.59 Å². The summed E-state index contributed by atoms with van der Waals surface area (Å²) in [7, 11) is 1.57. The summed E-state index contributed by atoms with van der Waals surface area (Å²) in [6, 6.07) is 6.09. The van der Waals surface area contributed by atoms with Crippen LogP contribution < -0.4 is 15.4 Å². The van der Waals surface area contributed by atoms with Gasteiger partial charge in [0.25, 0.3) is 0 Å². The van der Waals surface area contributed by atoms with Crippen molar-refractivity contribution in [2.45, 2.75) is 45.8 Å². The quantitative estimate of drug-likeness (QED) is 0.639. The van der Waals surface area contributed by atoms with Gasteiger partial charge in [0.05, 0.1) is 30.8 Å². The number of aromatic nitrogens is 1. The molecule has 0 spiro atoms. The number of nitrogens with one attached hydrogen (secondary N) is 2. The molecule has 2 unspecified atom stereocenters. The van der Waals surface area contributed by atoms with E-state index in [-0.39, 0.29) is 13.2 Å². The van der Waals surface area contributed by atoms with Gasteiger partial charge in [-0.05, 0) is 58.4 Å². The molecule has 1 aliphatic rings. The first kappa shape index (κ1) is 25.1. The zero-order valence-corrected chi connectivity index (χ0v) is 20.2. The van der Waals surface area contributed by atoms with Crippen molar-refractivity contribution in [1.82, 2.24) is 15.2 Å². The summed E-state index contributed by atoms with van der Waals surface area (Å²) in [6.45, 7) is 7.69. The maximum atomic E-state index is 12.9. The summed E-state index contributed by atoms with van der Waals surface area (Å²) in [6.07, 6.45) is 1.48. The number of nitrogens with zero attached hydrogens (tertiary/aromatic N) is 2. The van der Waals surface area contributed by atoms with Gasteiger partial charge in [0.1, 0.15) is 11.4 Å². The Labute approximate surface area is 198 Å². The van der Waals surface area contributed by atoms with Crippen LogP contribution in [-0.2, 0) is 14.3 Å². The summed E-state index contributed by atoms with van der Waals surface area (Å²) < 4.78 is 15.9. The van der Waals surface area contributed by atoms with Gasteiger partial charge in [0.2, 0.25) is 0 Å². The Balaban J connectivity index is 1.73. The van der Waals surface area contributed by atoms with Gasteiger partial charge in [-0.2, -0.15) is 0 Å². The number of esters is 1. The number of urea groups is 1. The van der Waals surface area contributed by atoms with Gasteiger partial charge in [0, 0.05) is 30.7 Å². The van der Waals surface area contributed by atoms with Crippen molar-refractivity contribution < 1.29 is 28.6 Å². The molecule has 3 rings (SSSR count). The molecule has 10 heteroatoms. The van der Waals surface area contributed by atoms with Gasteiger partial charge in [-0.15, -0.1) is 0 Å². The number of piperidine rings is 1. The number of carbonyl (C=O) groups is 3. The molecule has 1 saturated heterocycles. The van der Waals surface area contributed by atoms with Gasteiger partial charge < -0.3 is 29.7 Å². The summed E-state index contributed by atoms with van der Waals surface area (Å²) in [5.41, 5.74) is 0.607. The number of hydrogen-bond acceptors (Lipinski definition) is 7. The lowest BCUT2D eigenvalue weighted by molar-refractivity contribution is -0.150. The Morgan fingerprint density at radius 2 is 1.97 bits per heavy atom. The highest BCUT2D eigenvalue weighted by Gasteiger charge is 2.39. The van der Waals surface area contributed by atoms with Crippen molar-refractivity contribution in [2.24, 2.45) is 5.92 Å². The Morgan fingerprint density at radius 3 is 2.65 bits per heavy atom. The van der Waals surface area contributed by atoms with Crippen LogP contribution in [0.15, 0.2) is 30.5 Å². The van der Waals surface area contributed by atoms with E-state index in [4.69, 9.17) is 14.2 Å². The number of carbonyl (C=O) groups excluding carboxylic acids is 3. The zero-order chi connectivity index (χ0) is 24.9. The first-order chi connectivity index (χ1) is 16.1. The number of likely N-dealkylation sites (tertiary alicyclic amines) is 1. The lowest BCUT2D eigenvalue weighted by Crippen LogP contribution is -2.56. The Bertz CT molecular complexity index is 1050. The molecule has 3 amide bonds. The van der Waals surface area contributed by atoms with Crippen LogP contribution in [-0.4, -0.2) is 66.4 Å². The zero-order valence-electron chi connectivity index (χ0n) is 20.2. The van der Waals surface area contributed by atoms with Crippen molar-refractivity contribution in [2.75, 3.05) is 32.1 Å².